The van der Waals surface area contributed by atoms with Gasteiger partial charge in [0.05, 0.1) is 12.7 Å². The van der Waals surface area contributed by atoms with Gasteiger partial charge in [-0.25, -0.2) is 0 Å². The summed E-state index contributed by atoms with van der Waals surface area (Å²) in [4.78, 5) is 24.0. The van der Waals surface area contributed by atoms with Crippen molar-refractivity contribution in [1.82, 2.24) is 5.32 Å². The molecule has 0 saturated carbocycles. The fourth-order valence-electron chi connectivity index (χ4n) is 3.26. The predicted octanol–water partition coefficient (Wildman–Crippen LogP) is 4.96. The van der Waals surface area contributed by atoms with Crippen LogP contribution in [0.4, 0.5) is 18.9 Å². The van der Waals surface area contributed by atoms with Crippen molar-refractivity contribution >= 4 is 28.3 Å². The zero-order chi connectivity index (χ0) is 23.3. The maximum atomic E-state index is 13.2. The minimum Gasteiger partial charge on any atom is -0.497 e. The van der Waals surface area contributed by atoms with Crippen LogP contribution < -0.4 is 15.4 Å². The van der Waals surface area contributed by atoms with Crippen LogP contribution in [0.3, 0.4) is 0 Å². The van der Waals surface area contributed by atoms with E-state index in [0.717, 1.165) is 34.5 Å². The molecule has 0 heterocycles. The molecule has 3 rings (SSSR count). The molecule has 32 heavy (non-hydrogen) atoms. The Labute approximate surface area is 182 Å². The van der Waals surface area contributed by atoms with Crippen LogP contribution in [0.2, 0.25) is 0 Å². The van der Waals surface area contributed by atoms with Gasteiger partial charge in [0.25, 0.3) is 5.91 Å². The number of fused-ring (bicyclic) bond motifs is 1. The number of hydrogen-bond acceptors (Lipinski definition) is 3. The molecule has 0 atom stereocenters. The molecule has 3 aromatic rings. The van der Waals surface area contributed by atoms with Crippen LogP contribution in [-0.4, -0.2) is 25.5 Å². The topological polar surface area (TPSA) is 67.4 Å². The normalized spacial score (nSPS) is 11.1. The van der Waals surface area contributed by atoms with Gasteiger partial charge in [0.2, 0.25) is 5.91 Å². The number of alkyl halides is 3. The second-order valence-corrected chi connectivity index (χ2v) is 7.00. The Morgan fingerprint density at radius 1 is 1.09 bits per heavy atom. The van der Waals surface area contributed by atoms with Gasteiger partial charge in [-0.15, -0.1) is 0 Å². The van der Waals surface area contributed by atoms with Crippen molar-refractivity contribution in [3.63, 3.8) is 0 Å². The summed E-state index contributed by atoms with van der Waals surface area (Å²) in [6.07, 6.45) is -3.28. The van der Waals surface area contributed by atoms with Gasteiger partial charge in [-0.2, -0.15) is 13.2 Å². The number of anilines is 1. The molecule has 8 heteroatoms. The van der Waals surface area contributed by atoms with Crippen LogP contribution in [-0.2, 0) is 17.4 Å². The molecule has 0 aromatic heterocycles. The van der Waals surface area contributed by atoms with E-state index >= 15 is 0 Å². The van der Waals surface area contributed by atoms with Gasteiger partial charge >= 0.3 is 6.18 Å². The van der Waals surface area contributed by atoms with Crippen molar-refractivity contribution < 1.29 is 27.5 Å². The van der Waals surface area contributed by atoms with Crippen LogP contribution in [0, 0.1) is 0 Å². The third kappa shape index (κ3) is 5.46. The molecular weight excluding hydrogens is 421 g/mol. The van der Waals surface area contributed by atoms with Crippen LogP contribution in [0.15, 0.2) is 67.3 Å². The van der Waals surface area contributed by atoms with E-state index < -0.39 is 23.6 Å². The van der Waals surface area contributed by atoms with Crippen molar-refractivity contribution in [2.75, 3.05) is 19.0 Å². The lowest BCUT2D eigenvalue weighted by atomic mass is 10.0. The molecule has 0 fully saturated rings. The SMILES string of the molecule is C=CC(=O)Nc1cc(C(=O)NCCc2cccc3ccc(OC)cc23)cc(C(F)(F)F)c1. The molecule has 0 aliphatic carbocycles. The summed E-state index contributed by atoms with van der Waals surface area (Å²) < 4.78 is 45.0. The van der Waals surface area contributed by atoms with E-state index in [2.05, 4.69) is 17.2 Å². The standard InChI is InChI=1S/C24H21F3N2O3/c1-3-22(30)29-19-12-17(11-18(13-19)24(25,26)27)23(31)28-10-9-16-6-4-5-15-7-8-20(32-2)14-21(15)16/h3-8,11-14H,1,9-10H2,2H3,(H,28,31)(H,29,30). The van der Waals surface area contributed by atoms with Crippen molar-refractivity contribution in [1.29, 1.82) is 0 Å². The molecule has 166 valence electrons. The Hall–Kier alpha value is -3.81. The number of carbonyl (C=O) groups is 2. The van der Waals surface area contributed by atoms with E-state index in [-0.39, 0.29) is 17.8 Å². The predicted molar refractivity (Wildman–Crippen MR) is 117 cm³/mol. The lowest BCUT2D eigenvalue weighted by Gasteiger charge is -2.13. The van der Waals surface area contributed by atoms with E-state index in [4.69, 9.17) is 4.74 Å². The van der Waals surface area contributed by atoms with Gasteiger partial charge in [0.1, 0.15) is 5.75 Å². The second-order valence-electron chi connectivity index (χ2n) is 7.00. The van der Waals surface area contributed by atoms with E-state index in [9.17, 15) is 22.8 Å². The Balaban J connectivity index is 1.77. The van der Waals surface area contributed by atoms with Crippen LogP contribution >= 0.6 is 0 Å². The molecule has 0 spiro atoms. The molecule has 0 aliphatic heterocycles. The van der Waals surface area contributed by atoms with Gasteiger partial charge in [0, 0.05) is 17.8 Å². The number of carbonyl (C=O) groups excluding carboxylic acids is 2. The Morgan fingerprint density at radius 2 is 1.88 bits per heavy atom. The number of rotatable bonds is 7. The van der Waals surface area contributed by atoms with Crippen molar-refractivity contribution in [3.8, 4) is 5.75 Å². The fourth-order valence-corrected chi connectivity index (χ4v) is 3.26. The maximum Gasteiger partial charge on any atom is 0.416 e. The number of hydrogen-bond donors (Lipinski definition) is 2. The van der Waals surface area contributed by atoms with Crippen molar-refractivity contribution in [2.45, 2.75) is 12.6 Å². The first kappa shape index (κ1) is 22.9. The summed E-state index contributed by atoms with van der Waals surface area (Å²) >= 11 is 0. The highest BCUT2D eigenvalue weighted by atomic mass is 19.4. The molecule has 0 bridgehead atoms. The minimum absolute atomic E-state index is 0.143. The number of benzene rings is 3. The number of amides is 2. The third-order valence-corrected chi connectivity index (χ3v) is 4.83. The summed E-state index contributed by atoms with van der Waals surface area (Å²) in [5.74, 6) is -0.655. The van der Waals surface area contributed by atoms with Gasteiger partial charge in [0.15, 0.2) is 0 Å². The van der Waals surface area contributed by atoms with Crippen molar-refractivity contribution in [3.05, 3.63) is 83.9 Å². The van der Waals surface area contributed by atoms with Gasteiger partial charge in [-0.1, -0.05) is 30.8 Å². The monoisotopic (exact) mass is 442 g/mol. The maximum absolute atomic E-state index is 13.2. The molecule has 5 nitrogen and oxygen atoms in total. The molecule has 0 unspecified atom stereocenters. The smallest absolute Gasteiger partial charge is 0.416 e. The summed E-state index contributed by atoms with van der Waals surface area (Å²) in [6, 6.07) is 14.2. The molecule has 2 N–H and O–H groups in total. The zero-order valence-electron chi connectivity index (χ0n) is 17.3. The van der Waals surface area contributed by atoms with Gasteiger partial charge in [-0.3, -0.25) is 9.59 Å². The van der Waals surface area contributed by atoms with Gasteiger partial charge in [-0.05, 0) is 59.2 Å². The zero-order valence-corrected chi connectivity index (χ0v) is 17.3. The quantitative estimate of drug-likeness (QED) is 0.508. The van der Waals surface area contributed by atoms with Gasteiger partial charge < -0.3 is 15.4 Å². The molecular formula is C24H21F3N2O3. The Morgan fingerprint density at radius 3 is 2.56 bits per heavy atom. The Kier molecular flexibility index (Phi) is 6.82. The summed E-state index contributed by atoms with van der Waals surface area (Å²) in [7, 11) is 1.57. The summed E-state index contributed by atoms with van der Waals surface area (Å²) in [6.45, 7) is 3.47. The Bertz CT molecular complexity index is 1170. The number of halogens is 3. The van der Waals surface area contributed by atoms with E-state index in [1.54, 1.807) is 7.11 Å². The average Bonchev–Trinajstić information content (AvgIpc) is 2.77. The largest absolute Gasteiger partial charge is 0.497 e. The minimum atomic E-state index is -4.67. The second kappa shape index (κ2) is 9.55. The highest BCUT2D eigenvalue weighted by Crippen LogP contribution is 2.32. The summed E-state index contributed by atoms with van der Waals surface area (Å²) in [5, 5.41) is 6.88. The molecule has 2 amide bonds. The lowest BCUT2D eigenvalue weighted by molar-refractivity contribution is -0.137. The molecule has 0 saturated heterocycles. The molecule has 3 aromatic carbocycles. The summed E-state index contributed by atoms with van der Waals surface area (Å²) in [5.41, 5.74) is -0.426. The lowest BCUT2D eigenvalue weighted by Crippen LogP contribution is -2.26. The van der Waals surface area contributed by atoms with E-state index in [1.807, 2.05) is 36.4 Å². The van der Waals surface area contributed by atoms with Crippen LogP contribution in [0.25, 0.3) is 10.8 Å². The number of nitrogens with one attached hydrogen (secondary N) is 2. The average molecular weight is 442 g/mol. The fraction of sp³-hybridized carbons (Fsp3) is 0.167. The van der Waals surface area contributed by atoms with E-state index in [1.165, 1.54) is 6.07 Å². The third-order valence-electron chi connectivity index (χ3n) is 4.83. The molecule has 0 aliphatic rings. The highest BCUT2D eigenvalue weighted by molar-refractivity contribution is 6.01. The first-order valence-corrected chi connectivity index (χ1v) is 9.71. The first-order chi connectivity index (χ1) is 15.2. The first-order valence-electron chi connectivity index (χ1n) is 9.71. The van der Waals surface area contributed by atoms with Crippen LogP contribution in [0.1, 0.15) is 21.5 Å². The highest BCUT2D eigenvalue weighted by Gasteiger charge is 2.32. The number of methoxy groups -OCH3 is 1. The van der Waals surface area contributed by atoms with Crippen LogP contribution in [0.5, 0.6) is 5.75 Å². The number of ether oxygens (including phenoxy) is 1. The van der Waals surface area contributed by atoms with E-state index in [0.29, 0.717) is 12.2 Å². The molecule has 0 radical (unpaired) electrons. The van der Waals surface area contributed by atoms with Crippen molar-refractivity contribution in [2.24, 2.45) is 0 Å².